The van der Waals surface area contributed by atoms with Crippen molar-refractivity contribution in [2.45, 2.75) is 50.1 Å². The molecule has 0 radical (unpaired) electrons. The van der Waals surface area contributed by atoms with Gasteiger partial charge in [-0.25, -0.2) is 9.97 Å². The number of aryl methyl sites for hydroxylation is 1. The molecule has 2 unspecified atom stereocenters. The maximum absolute atomic E-state index is 13.2. The molecule has 2 atom stereocenters. The van der Waals surface area contributed by atoms with Gasteiger partial charge in [-0.15, -0.1) is 0 Å². The van der Waals surface area contributed by atoms with Crippen molar-refractivity contribution in [3.8, 4) is 0 Å². The Morgan fingerprint density at radius 2 is 1.90 bits per heavy atom. The lowest BCUT2D eigenvalue weighted by Gasteiger charge is -2.37. The predicted molar refractivity (Wildman–Crippen MR) is 109 cm³/mol. The fourth-order valence-corrected chi connectivity index (χ4v) is 4.46. The lowest BCUT2D eigenvalue weighted by Crippen LogP contribution is -2.37. The number of anilines is 1. The van der Waals surface area contributed by atoms with E-state index in [9.17, 15) is 13.2 Å². The Morgan fingerprint density at radius 3 is 2.71 bits per heavy atom. The third-order valence-corrected chi connectivity index (χ3v) is 6.02. The zero-order chi connectivity index (χ0) is 21.4. The van der Waals surface area contributed by atoms with Crippen LogP contribution >= 0.6 is 0 Å². The van der Waals surface area contributed by atoms with Gasteiger partial charge in [-0.1, -0.05) is 24.3 Å². The quantitative estimate of drug-likeness (QED) is 0.629. The summed E-state index contributed by atoms with van der Waals surface area (Å²) in [6.45, 7) is 1.37. The Hall–Kier alpha value is -2.65. The fourth-order valence-electron chi connectivity index (χ4n) is 4.46. The number of rotatable bonds is 4. The summed E-state index contributed by atoms with van der Waals surface area (Å²) < 4.78 is 51.5. The lowest BCUT2D eigenvalue weighted by molar-refractivity contribution is -0.140. The minimum absolute atomic E-state index is 0.114. The Kier molecular flexibility index (Phi) is 5.31. The van der Waals surface area contributed by atoms with Crippen molar-refractivity contribution < 1.29 is 22.6 Å². The van der Waals surface area contributed by atoms with Crippen LogP contribution in [0.3, 0.4) is 0 Å². The van der Waals surface area contributed by atoms with Gasteiger partial charge in [-0.2, -0.15) is 13.2 Å². The largest absolute Gasteiger partial charge is 0.431 e. The van der Waals surface area contributed by atoms with Gasteiger partial charge in [0.05, 0.1) is 23.6 Å². The number of hydrogen-bond donors (Lipinski definition) is 2. The molecule has 0 bridgehead atoms. The van der Waals surface area contributed by atoms with E-state index in [1.54, 1.807) is 0 Å². The highest BCUT2D eigenvalue weighted by molar-refractivity contribution is 5.88. The molecule has 1 aliphatic carbocycles. The van der Waals surface area contributed by atoms with Crippen LogP contribution in [0.25, 0.3) is 11.0 Å². The molecule has 1 saturated heterocycles. The van der Waals surface area contributed by atoms with Crippen LogP contribution in [-0.2, 0) is 22.1 Å². The van der Waals surface area contributed by atoms with Crippen molar-refractivity contribution >= 4 is 16.9 Å². The fraction of sp³-hybridized carbons (Fsp3) is 0.455. The van der Waals surface area contributed by atoms with Crippen LogP contribution in [0.15, 0.2) is 36.7 Å². The number of benzene rings is 1. The monoisotopic (exact) mass is 432 g/mol. The number of H-pyrrole nitrogens is 1. The van der Waals surface area contributed by atoms with Gasteiger partial charge in [0.2, 0.25) is 0 Å². The Bertz CT molecular complexity index is 1060. The molecule has 164 valence electrons. The van der Waals surface area contributed by atoms with Crippen molar-refractivity contribution in [1.29, 1.82) is 0 Å². The van der Waals surface area contributed by atoms with Gasteiger partial charge in [0.1, 0.15) is 23.5 Å². The number of alkyl halides is 3. The van der Waals surface area contributed by atoms with Crippen molar-refractivity contribution in [3.05, 3.63) is 53.5 Å². The molecule has 1 aliphatic heterocycles. The maximum atomic E-state index is 13.2. The average molecular weight is 432 g/mol. The van der Waals surface area contributed by atoms with Gasteiger partial charge in [0.15, 0.2) is 0 Å². The molecule has 0 saturated carbocycles. The molecule has 31 heavy (non-hydrogen) atoms. The summed E-state index contributed by atoms with van der Waals surface area (Å²) in [6, 6.07) is 8.93. The van der Waals surface area contributed by atoms with E-state index in [1.165, 1.54) is 11.9 Å². The number of aromatic amines is 1. The molecule has 2 aliphatic rings. The normalized spacial score (nSPS) is 22.4. The maximum Gasteiger partial charge on any atom is 0.431 e. The third kappa shape index (κ3) is 4.12. The van der Waals surface area contributed by atoms with Gasteiger partial charge in [-0.3, -0.25) is 0 Å². The number of ether oxygens (including phenoxy) is 2. The molecular formula is C22H23F3N4O2. The first-order valence-corrected chi connectivity index (χ1v) is 10.5. The second kappa shape index (κ2) is 8.12. The van der Waals surface area contributed by atoms with E-state index in [0.717, 1.165) is 37.3 Å². The first kappa shape index (κ1) is 20.3. The molecule has 0 spiro atoms. The Labute approximate surface area is 177 Å². The molecule has 3 heterocycles. The summed E-state index contributed by atoms with van der Waals surface area (Å²) in [4.78, 5) is 10.6. The standard InChI is InChI=1S/C22H23F3N4O2/c23-22(24,25)18-11-16-20(28-18)26-12-27-21(16)29-19-15-4-2-1-3-13(15)5-6-17(19)31-14-7-9-30-10-8-14/h1-4,11-12,14,17,19H,5-10H2,(H2,26,27,28,29). The van der Waals surface area contributed by atoms with Crippen molar-refractivity contribution in [2.24, 2.45) is 0 Å². The smallest absolute Gasteiger partial charge is 0.381 e. The third-order valence-electron chi connectivity index (χ3n) is 6.02. The molecule has 6 nitrogen and oxygen atoms in total. The highest BCUT2D eigenvalue weighted by Gasteiger charge is 2.35. The summed E-state index contributed by atoms with van der Waals surface area (Å²) in [6.07, 6.45) is 0.177. The zero-order valence-corrected chi connectivity index (χ0v) is 16.8. The van der Waals surface area contributed by atoms with E-state index in [0.29, 0.717) is 24.4 Å². The Morgan fingerprint density at radius 1 is 1.10 bits per heavy atom. The lowest BCUT2D eigenvalue weighted by atomic mass is 9.85. The van der Waals surface area contributed by atoms with E-state index in [1.807, 2.05) is 18.2 Å². The highest BCUT2D eigenvalue weighted by Crippen LogP contribution is 2.38. The summed E-state index contributed by atoms with van der Waals surface area (Å²) >= 11 is 0. The van der Waals surface area contributed by atoms with E-state index in [-0.39, 0.29) is 23.9 Å². The van der Waals surface area contributed by atoms with E-state index in [4.69, 9.17) is 9.47 Å². The Balaban J connectivity index is 1.49. The second-order valence-corrected chi connectivity index (χ2v) is 8.01. The van der Waals surface area contributed by atoms with Crippen LogP contribution in [-0.4, -0.2) is 40.4 Å². The number of halogens is 3. The van der Waals surface area contributed by atoms with Crippen LogP contribution in [0.2, 0.25) is 0 Å². The van der Waals surface area contributed by atoms with Gasteiger partial charge < -0.3 is 19.8 Å². The van der Waals surface area contributed by atoms with Crippen LogP contribution in [0.5, 0.6) is 0 Å². The average Bonchev–Trinajstić information content (AvgIpc) is 3.22. The zero-order valence-electron chi connectivity index (χ0n) is 16.8. The molecule has 2 aromatic heterocycles. The highest BCUT2D eigenvalue weighted by atomic mass is 19.4. The summed E-state index contributed by atoms with van der Waals surface area (Å²) in [7, 11) is 0. The van der Waals surface area contributed by atoms with Gasteiger partial charge in [0, 0.05) is 13.2 Å². The molecule has 1 fully saturated rings. The molecule has 2 N–H and O–H groups in total. The van der Waals surface area contributed by atoms with Gasteiger partial charge in [0.25, 0.3) is 0 Å². The first-order chi connectivity index (χ1) is 15.0. The molecule has 0 amide bonds. The summed E-state index contributed by atoms with van der Waals surface area (Å²) in [5, 5.41) is 3.70. The summed E-state index contributed by atoms with van der Waals surface area (Å²) in [5.74, 6) is 0.360. The molecule has 1 aromatic carbocycles. The second-order valence-electron chi connectivity index (χ2n) is 8.01. The number of aromatic nitrogens is 3. The minimum Gasteiger partial charge on any atom is -0.381 e. The van der Waals surface area contributed by atoms with E-state index in [2.05, 4.69) is 26.3 Å². The van der Waals surface area contributed by atoms with Gasteiger partial charge >= 0.3 is 6.18 Å². The number of nitrogens with one attached hydrogen (secondary N) is 2. The number of fused-ring (bicyclic) bond motifs is 2. The molecule has 9 heteroatoms. The SMILES string of the molecule is FC(F)(F)c1cc2c(NC3c4ccccc4CCC3OC3CCOCC3)ncnc2[nH]1. The van der Waals surface area contributed by atoms with Crippen LogP contribution in [0.4, 0.5) is 19.0 Å². The molecule has 5 rings (SSSR count). The van der Waals surface area contributed by atoms with Crippen LogP contribution in [0, 0.1) is 0 Å². The van der Waals surface area contributed by atoms with Crippen LogP contribution < -0.4 is 5.32 Å². The summed E-state index contributed by atoms with van der Waals surface area (Å²) in [5.41, 5.74) is 1.60. The topological polar surface area (TPSA) is 72.1 Å². The number of nitrogens with zero attached hydrogens (tertiary/aromatic N) is 2. The molecular weight excluding hydrogens is 409 g/mol. The molecule has 3 aromatic rings. The predicted octanol–water partition coefficient (Wildman–Crippen LogP) is 4.64. The van der Waals surface area contributed by atoms with Crippen molar-refractivity contribution in [1.82, 2.24) is 15.0 Å². The number of hydrogen-bond acceptors (Lipinski definition) is 5. The van der Waals surface area contributed by atoms with E-state index < -0.39 is 11.9 Å². The van der Waals surface area contributed by atoms with Crippen LogP contribution in [0.1, 0.15) is 42.1 Å². The minimum atomic E-state index is -4.48. The van der Waals surface area contributed by atoms with E-state index >= 15 is 0 Å². The first-order valence-electron chi connectivity index (χ1n) is 10.5. The van der Waals surface area contributed by atoms with Crippen molar-refractivity contribution in [3.63, 3.8) is 0 Å². The van der Waals surface area contributed by atoms with Crippen molar-refractivity contribution in [2.75, 3.05) is 18.5 Å². The van der Waals surface area contributed by atoms with Gasteiger partial charge in [-0.05, 0) is 42.9 Å².